The average Bonchev–Trinajstić information content (AvgIpc) is 2.82. The van der Waals surface area contributed by atoms with Crippen molar-refractivity contribution in [2.45, 2.75) is 20.8 Å². The summed E-state index contributed by atoms with van der Waals surface area (Å²) in [7, 11) is 0. The molecular weight excluding hydrogens is 456 g/mol. The van der Waals surface area contributed by atoms with Gasteiger partial charge in [-0.2, -0.15) is 0 Å². The van der Waals surface area contributed by atoms with E-state index in [0.717, 1.165) is 5.56 Å². The maximum absolute atomic E-state index is 12.7. The number of hydrogen-bond acceptors (Lipinski definition) is 5. The van der Waals surface area contributed by atoms with Gasteiger partial charge in [-0.05, 0) is 56.7 Å². The molecule has 0 aliphatic carbocycles. The molecular formula is C26H27ClN2O5. The summed E-state index contributed by atoms with van der Waals surface area (Å²) in [6, 6.07) is 17.3. The number of amides is 2. The number of aryl methyl sites for hydroxylation is 1. The zero-order valence-electron chi connectivity index (χ0n) is 19.3. The van der Waals surface area contributed by atoms with E-state index in [-0.39, 0.29) is 18.4 Å². The Kier molecular flexibility index (Phi) is 8.76. The summed E-state index contributed by atoms with van der Waals surface area (Å²) in [4.78, 5) is 25.3. The summed E-state index contributed by atoms with van der Waals surface area (Å²) in [5.41, 5.74) is 2.18. The SMILES string of the molecule is CCOc1cc(NC(=O)c2ccccc2)c(OCC)cc1NC(=O)COc1ccc(Cl)cc1C. The zero-order chi connectivity index (χ0) is 24.5. The molecule has 0 spiro atoms. The minimum Gasteiger partial charge on any atom is -0.492 e. The molecule has 3 aromatic carbocycles. The number of anilines is 2. The highest BCUT2D eigenvalue weighted by Gasteiger charge is 2.17. The van der Waals surface area contributed by atoms with Crippen molar-refractivity contribution in [3.63, 3.8) is 0 Å². The number of benzene rings is 3. The summed E-state index contributed by atoms with van der Waals surface area (Å²) < 4.78 is 17.1. The molecule has 0 unspecified atom stereocenters. The maximum Gasteiger partial charge on any atom is 0.262 e. The number of hydrogen-bond donors (Lipinski definition) is 2. The highest BCUT2D eigenvalue weighted by atomic mass is 35.5. The lowest BCUT2D eigenvalue weighted by Gasteiger charge is -2.18. The van der Waals surface area contributed by atoms with Crippen LogP contribution in [0.3, 0.4) is 0 Å². The lowest BCUT2D eigenvalue weighted by molar-refractivity contribution is -0.118. The van der Waals surface area contributed by atoms with Gasteiger partial charge in [-0.3, -0.25) is 9.59 Å². The zero-order valence-corrected chi connectivity index (χ0v) is 20.1. The molecule has 0 fully saturated rings. The van der Waals surface area contributed by atoms with E-state index in [1.165, 1.54) is 0 Å². The number of carbonyl (C=O) groups excluding carboxylic acids is 2. The van der Waals surface area contributed by atoms with E-state index in [2.05, 4.69) is 10.6 Å². The predicted octanol–water partition coefficient (Wildman–Crippen LogP) is 5.72. The van der Waals surface area contributed by atoms with Gasteiger partial charge in [-0.25, -0.2) is 0 Å². The Bertz CT molecular complexity index is 1150. The van der Waals surface area contributed by atoms with Gasteiger partial charge < -0.3 is 24.8 Å². The average molecular weight is 483 g/mol. The highest BCUT2D eigenvalue weighted by Crippen LogP contribution is 2.37. The summed E-state index contributed by atoms with van der Waals surface area (Å²) in [6.45, 7) is 6.04. The van der Waals surface area contributed by atoms with Gasteiger partial charge in [0.2, 0.25) is 0 Å². The standard InChI is InChI=1S/C26H27ClN2O5/c1-4-32-23-15-21(29-26(31)18-9-7-6-8-10-18)24(33-5-2)14-20(23)28-25(30)16-34-22-12-11-19(27)13-17(22)3/h6-15H,4-5,16H2,1-3H3,(H,28,30)(H,29,31). The number of halogens is 1. The van der Waals surface area contributed by atoms with Crippen molar-refractivity contribution in [2.24, 2.45) is 0 Å². The molecule has 178 valence electrons. The molecule has 0 aromatic heterocycles. The Balaban J connectivity index is 1.79. The molecule has 3 rings (SSSR count). The second-order valence-corrected chi connectivity index (χ2v) is 7.71. The smallest absolute Gasteiger partial charge is 0.262 e. The summed E-state index contributed by atoms with van der Waals surface area (Å²) in [6.07, 6.45) is 0. The minimum absolute atomic E-state index is 0.204. The molecule has 0 saturated carbocycles. The van der Waals surface area contributed by atoms with Crippen LogP contribution in [0.5, 0.6) is 17.2 Å². The van der Waals surface area contributed by atoms with Crippen LogP contribution in [0, 0.1) is 6.92 Å². The molecule has 0 saturated heterocycles. The summed E-state index contributed by atoms with van der Waals surface area (Å²) in [5, 5.41) is 6.25. The number of carbonyl (C=O) groups is 2. The first-order valence-electron chi connectivity index (χ1n) is 10.9. The molecule has 0 bridgehead atoms. The van der Waals surface area contributed by atoms with Gasteiger partial charge in [-0.1, -0.05) is 29.8 Å². The second kappa shape index (κ2) is 12.0. The van der Waals surface area contributed by atoms with E-state index < -0.39 is 0 Å². The molecule has 0 aliphatic heterocycles. The third-order valence-corrected chi connectivity index (χ3v) is 4.97. The topological polar surface area (TPSA) is 85.9 Å². The van der Waals surface area contributed by atoms with E-state index in [9.17, 15) is 9.59 Å². The molecule has 0 aliphatic rings. The van der Waals surface area contributed by atoms with Gasteiger partial charge >= 0.3 is 0 Å². The largest absolute Gasteiger partial charge is 0.492 e. The van der Waals surface area contributed by atoms with Crippen molar-refractivity contribution in [2.75, 3.05) is 30.5 Å². The van der Waals surface area contributed by atoms with Crippen molar-refractivity contribution in [1.82, 2.24) is 0 Å². The molecule has 0 heterocycles. The summed E-state index contributed by atoms with van der Waals surface area (Å²) in [5.74, 6) is 0.704. The fourth-order valence-electron chi connectivity index (χ4n) is 3.19. The Labute approximate surface area is 204 Å². The normalized spacial score (nSPS) is 10.4. The second-order valence-electron chi connectivity index (χ2n) is 7.28. The Hall–Kier alpha value is -3.71. The van der Waals surface area contributed by atoms with Crippen molar-refractivity contribution in [3.8, 4) is 17.2 Å². The molecule has 3 aromatic rings. The first-order valence-corrected chi connectivity index (χ1v) is 11.3. The van der Waals surface area contributed by atoms with Crippen LogP contribution < -0.4 is 24.8 Å². The van der Waals surface area contributed by atoms with Gasteiger partial charge in [0.1, 0.15) is 17.2 Å². The van der Waals surface area contributed by atoms with Crippen LogP contribution >= 0.6 is 11.6 Å². The lowest BCUT2D eigenvalue weighted by atomic mass is 10.2. The van der Waals surface area contributed by atoms with Crippen LogP contribution in [0.4, 0.5) is 11.4 Å². The van der Waals surface area contributed by atoms with Crippen LogP contribution in [-0.4, -0.2) is 31.6 Å². The van der Waals surface area contributed by atoms with Gasteiger partial charge in [-0.15, -0.1) is 0 Å². The molecule has 7 nitrogen and oxygen atoms in total. The van der Waals surface area contributed by atoms with Crippen molar-refractivity contribution < 1.29 is 23.8 Å². The molecule has 2 N–H and O–H groups in total. The number of nitrogens with one attached hydrogen (secondary N) is 2. The fourth-order valence-corrected chi connectivity index (χ4v) is 3.42. The van der Waals surface area contributed by atoms with Crippen molar-refractivity contribution >= 4 is 34.8 Å². The molecule has 8 heteroatoms. The van der Waals surface area contributed by atoms with E-state index in [4.69, 9.17) is 25.8 Å². The minimum atomic E-state index is -0.376. The van der Waals surface area contributed by atoms with Crippen molar-refractivity contribution in [1.29, 1.82) is 0 Å². The molecule has 0 radical (unpaired) electrons. The predicted molar refractivity (Wildman–Crippen MR) is 133 cm³/mol. The number of ether oxygens (including phenoxy) is 3. The fraction of sp³-hybridized carbons (Fsp3) is 0.231. The van der Waals surface area contributed by atoms with Crippen LogP contribution in [0.25, 0.3) is 0 Å². The molecule has 34 heavy (non-hydrogen) atoms. The van der Waals surface area contributed by atoms with E-state index in [1.807, 2.05) is 26.8 Å². The van der Waals surface area contributed by atoms with Crippen LogP contribution in [-0.2, 0) is 4.79 Å². The Morgan fingerprint density at radius 2 is 1.41 bits per heavy atom. The Morgan fingerprint density at radius 1 is 0.794 bits per heavy atom. The number of rotatable bonds is 10. The first-order chi connectivity index (χ1) is 16.4. The third-order valence-electron chi connectivity index (χ3n) is 4.74. The lowest BCUT2D eigenvalue weighted by Crippen LogP contribution is -2.21. The van der Waals surface area contributed by atoms with Gasteiger partial charge in [0.25, 0.3) is 11.8 Å². The van der Waals surface area contributed by atoms with Gasteiger partial charge in [0.05, 0.1) is 24.6 Å². The quantitative estimate of drug-likeness (QED) is 0.386. The first kappa shape index (κ1) is 24.9. The van der Waals surface area contributed by atoms with Crippen LogP contribution in [0.2, 0.25) is 5.02 Å². The van der Waals surface area contributed by atoms with Crippen molar-refractivity contribution in [3.05, 3.63) is 76.8 Å². The van der Waals surface area contributed by atoms with Gasteiger partial charge in [0.15, 0.2) is 6.61 Å². The maximum atomic E-state index is 12.7. The van der Waals surface area contributed by atoms with Gasteiger partial charge in [0, 0.05) is 22.7 Å². The molecule has 0 atom stereocenters. The Morgan fingerprint density at radius 3 is 2.00 bits per heavy atom. The summed E-state index contributed by atoms with van der Waals surface area (Å²) >= 11 is 5.97. The molecule has 2 amide bonds. The van der Waals surface area contributed by atoms with E-state index in [0.29, 0.717) is 52.4 Å². The van der Waals surface area contributed by atoms with Crippen LogP contribution in [0.15, 0.2) is 60.7 Å². The van der Waals surface area contributed by atoms with E-state index in [1.54, 1.807) is 54.6 Å². The van der Waals surface area contributed by atoms with E-state index >= 15 is 0 Å². The highest BCUT2D eigenvalue weighted by molar-refractivity contribution is 6.30. The monoisotopic (exact) mass is 482 g/mol. The van der Waals surface area contributed by atoms with Crippen LogP contribution in [0.1, 0.15) is 29.8 Å². The third kappa shape index (κ3) is 6.65.